The summed E-state index contributed by atoms with van der Waals surface area (Å²) in [5.74, 6) is -0.549. The van der Waals surface area contributed by atoms with E-state index in [4.69, 9.17) is 0 Å². The number of aliphatic carboxylic acids is 1. The molecule has 0 aromatic heterocycles. The third-order valence-corrected chi connectivity index (χ3v) is 6.24. The number of amides is 2. The summed E-state index contributed by atoms with van der Waals surface area (Å²) in [6.07, 6.45) is 6.86. The van der Waals surface area contributed by atoms with Crippen molar-refractivity contribution in [3.8, 4) is 0 Å². The number of carboxylic acids is 1. The van der Waals surface area contributed by atoms with E-state index in [1.54, 1.807) is 4.90 Å². The summed E-state index contributed by atoms with van der Waals surface area (Å²) in [4.78, 5) is 38.1. The fourth-order valence-corrected chi connectivity index (χ4v) is 4.82. The van der Waals surface area contributed by atoms with Gasteiger partial charge in [-0.05, 0) is 38.5 Å². The Morgan fingerprint density at radius 1 is 1.21 bits per heavy atom. The molecule has 134 valence electrons. The minimum atomic E-state index is -0.761. The van der Waals surface area contributed by atoms with Crippen LogP contribution in [0.1, 0.15) is 58.3 Å². The van der Waals surface area contributed by atoms with Gasteiger partial charge in [-0.2, -0.15) is 0 Å². The standard InChI is InChI=1S/C18H28N2O4/c1-12(19-16(22)13-5-2-3-6-13)9-15(21)20-10-14-7-4-8-18(14,11-20)17(23)24/h12-14H,2-11H2,1H3,(H,19,22)(H,23,24)/t12?,14-,18+/m0/s1. The Morgan fingerprint density at radius 2 is 1.92 bits per heavy atom. The molecule has 0 spiro atoms. The predicted octanol–water partition coefficient (Wildman–Crippen LogP) is 1.78. The van der Waals surface area contributed by atoms with Gasteiger partial charge in [0.25, 0.3) is 0 Å². The maximum absolute atomic E-state index is 12.5. The molecule has 0 aromatic rings. The number of fused-ring (bicyclic) bond motifs is 1. The molecule has 6 nitrogen and oxygen atoms in total. The predicted molar refractivity (Wildman–Crippen MR) is 88.2 cm³/mol. The van der Waals surface area contributed by atoms with Gasteiger partial charge in [0, 0.05) is 31.5 Å². The lowest BCUT2D eigenvalue weighted by molar-refractivity contribution is -0.149. The van der Waals surface area contributed by atoms with Crippen LogP contribution in [-0.4, -0.2) is 46.9 Å². The molecule has 1 saturated heterocycles. The quantitative estimate of drug-likeness (QED) is 0.801. The second-order valence-electron chi connectivity index (χ2n) is 7.92. The first-order chi connectivity index (χ1) is 11.4. The van der Waals surface area contributed by atoms with Crippen molar-refractivity contribution in [3.05, 3.63) is 0 Å². The third-order valence-electron chi connectivity index (χ3n) is 6.24. The van der Waals surface area contributed by atoms with Crippen LogP contribution < -0.4 is 5.32 Å². The molecule has 2 amide bonds. The van der Waals surface area contributed by atoms with Crippen molar-refractivity contribution in [2.75, 3.05) is 13.1 Å². The summed E-state index contributed by atoms with van der Waals surface area (Å²) in [6, 6.07) is -0.202. The lowest BCUT2D eigenvalue weighted by atomic mass is 9.81. The number of nitrogens with zero attached hydrogens (tertiary/aromatic N) is 1. The van der Waals surface area contributed by atoms with Crippen molar-refractivity contribution in [1.82, 2.24) is 10.2 Å². The van der Waals surface area contributed by atoms with Crippen LogP contribution in [0.15, 0.2) is 0 Å². The minimum Gasteiger partial charge on any atom is -0.481 e. The zero-order valence-corrected chi connectivity index (χ0v) is 14.4. The number of hydrogen-bond acceptors (Lipinski definition) is 3. The van der Waals surface area contributed by atoms with Gasteiger partial charge in [0.05, 0.1) is 5.41 Å². The van der Waals surface area contributed by atoms with Crippen LogP contribution in [0, 0.1) is 17.3 Å². The van der Waals surface area contributed by atoms with Gasteiger partial charge in [0.2, 0.25) is 11.8 Å². The smallest absolute Gasteiger partial charge is 0.311 e. The van der Waals surface area contributed by atoms with E-state index in [2.05, 4.69) is 5.32 Å². The number of nitrogens with one attached hydrogen (secondary N) is 1. The number of carbonyl (C=O) groups excluding carboxylic acids is 2. The summed E-state index contributed by atoms with van der Waals surface area (Å²) in [5, 5.41) is 12.6. The van der Waals surface area contributed by atoms with Gasteiger partial charge in [-0.3, -0.25) is 14.4 Å². The van der Waals surface area contributed by atoms with E-state index in [0.29, 0.717) is 19.5 Å². The lowest BCUT2D eigenvalue weighted by Gasteiger charge is -2.24. The minimum absolute atomic E-state index is 0.0377. The first-order valence-corrected chi connectivity index (χ1v) is 9.24. The highest BCUT2D eigenvalue weighted by atomic mass is 16.4. The average Bonchev–Trinajstić information content (AvgIpc) is 3.22. The average molecular weight is 336 g/mol. The largest absolute Gasteiger partial charge is 0.481 e. The first kappa shape index (κ1) is 17.2. The maximum Gasteiger partial charge on any atom is 0.311 e. The molecule has 1 heterocycles. The Labute approximate surface area is 143 Å². The molecule has 0 bridgehead atoms. The van der Waals surface area contributed by atoms with E-state index in [1.165, 1.54) is 0 Å². The van der Waals surface area contributed by atoms with Crippen molar-refractivity contribution in [2.45, 2.75) is 64.3 Å². The van der Waals surface area contributed by atoms with Crippen LogP contribution in [0.5, 0.6) is 0 Å². The van der Waals surface area contributed by atoms with E-state index in [-0.39, 0.29) is 36.1 Å². The number of likely N-dealkylation sites (tertiary alicyclic amines) is 1. The van der Waals surface area contributed by atoms with Gasteiger partial charge < -0.3 is 15.3 Å². The van der Waals surface area contributed by atoms with Gasteiger partial charge in [0.15, 0.2) is 0 Å². The van der Waals surface area contributed by atoms with Crippen molar-refractivity contribution in [3.63, 3.8) is 0 Å². The highest BCUT2D eigenvalue weighted by molar-refractivity contribution is 5.83. The third kappa shape index (κ3) is 3.15. The Kier molecular flexibility index (Phi) is 4.83. The SMILES string of the molecule is CC(CC(=O)N1C[C@@H]2CCC[C@@]2(C(=O)O)C1)NC(=O)C1CCCC1. The Hall–Kier alpha value is -1.59. The molecule has 2 N–H and O–H groups in total. The molecule has 1 unspecified atom stereocenters. The normalized spacial score (nSPS) is 31.0. The molecular weight excluding hydrogens is 308 g/mol. The molecule has 24 heavy (non-hydrogen) atoms. The summed E-state index contributed by atoms with van der Waals surface area (Å²) in [6.45, 7) is 2.73. The molecule has 3 fully saturated rings. The summed E-state index contributed by atoms with van der Waals surface area (Å²) >= 11 is 0. The fraction of sp³-hybridized carbons (Fsp3) is 0.833. The topological polar surface area (TPSA) is 86.7 Å². The van der Waals surface area contributed by atoms with E-state index < -0.39 is 11.4 Å². The summed E-state index contributed by atoms with van der Waals surface area (Å²) < 4.78 is 0. The molecule has 1 aliphatic heterocycles. The Balaban J connectivity index is 1.52. The maximum atomic E-state index is 12.5. The number of carbonyl (C=O) groups is 3. The van der Waals surface area contributed by atoms with Crippen LogP contribution >= 0.6 is 0 Å². The van der Waals surface area contributed by atoms with Gasteiger partial charge in [-0.15, -0.1) is 0 Å². The van der Waals surface area contributed by atoms with Crippen LogP contribution in [0.25, 0.3) is 0 Å². The molecule has 3 rings (SSSR count). The highest BCUT2D eigenvalue weighted by Gasteiger charge is 2.55. The summed E-state index contributed by atoms with van der Waals surface area (Å²) in [5.41, 5.74) is -0.730. The molecule has 3 aliphatic rings. The molecule has 2 aliphatic carbocycles. The zero-order chi connectivity index (χ0) is 17.3. The van der Waals surface area contributed by atoms with Crippen LogP contribution in [-0.2, 0) is 14.4 Å². The molecule has 0 aromatic carbocycles. The van der Waals surface area contributed by atoms with Gasteiger partial charge in [-0.25, -0.2) is 0 Å². The van der Waals surface area contributed by atoms with Crippen molar-refractivity contribution >= 4 is 17.8 Å². The molecule has 0 radical (unpaired) electrons. The van der Waals surface area contributed by atoms with Crippen molar-refractivity contribution in [1.29, 1.82) is 0 Å². The zero-order valence-electron chi connectivity index (χ0n) is 14.4. The van der Waals surface area contributed by atoms with Crippen molar-refractivity contribution in [2.24, 2.45) is 17.3 Å². The fourth-order valence-electron chi connectivity index (χ4n) is 4.82. The monoisotopic (exact) mass is 336 g/mol. The van der Waals surface area contributed by atoms with Gasteiger partial charge in [-0.1, -0.05) is 19.3 Å². The Morgan fingerprint density at radius 3 is 2.54 bits per heavy atom. The van der Waals surface area contributed by atoms with Gasteiger partial charge >= 0.3 is 5.97 Å². The van der Waals surface area contributed by atoms with Crippen LogP contribution in [0.2, 0.25) is 0 Å². The molecular formula is C18H28N2O4. The van der Waals surface area contributed by atoms with Crippen LogP contribution in [0.4, 0.5) is 0 Å². The van der Waals surface area contributed by atoms with E-state index >= 15 is 0 Å². The van der Waals surface area contributed by atoms with E-state index in [0.717, 1.165) is 38.5 Å². The number of hydrogen-bond donors (Lipinski definition) is 2. The highest BCUT2D eigenvalue weighted by Crippen LogP contribution is 2.49. The molecule has 6 heteroatoms. The first-order valence-electron chi connectivity index (χ1n) is 9.24. The molecule has 3 atom stereocenters. The van der Waals surface area contributed by atoms with Crippen LogP contribution in [0.3, 0.4) is 0 Å². The van der Waals surface area contributed by atoms with Crippen molar-refractivity contribution < 1.29 is 19.5 Å². The van der Waals surface area contributed by atoms with Gasteiger partial charge in [0.1, 0.15) is 0 Å². The lowest BCUT2D eigenvalue weighted by Crippen LogP contribution is -2.42. The molecule has 2 saturated carbocycles. The second kappa shape index (κ2) is 6.73. The number of carboxylic acid groups (broad SMARTS) is 1. The van der Waals surface area contributed by atoms with E-state index in [9.17, 15) is 19.5 Å². The second-order valence-corrected chi connectivity index (χ2v) is 7.92. The van der Waals surface area contributed by atoms with E-state index in [1.807, 2.05) is 6.92 Å². The summed E-state index contributed by atoms with van der Waals surface area (Å²) in [7, 11) is 0. The number of rotatable bonds is 5. The Bertz CT molecular complexity index is 529.